The van der Waals surface area contributed by atoms with Gasteiger partial charge in [-0.25, -0.2) is 9.67 Å². The molecule has 0 unspecified atom stereocenters. The molecular formula is C14H11BrCl2N6O. The number of anilines is 1. The van der Waals surface area contributed by atoms with E-state index < -0.39 is 5.91 Å². The molecule has 0 bridgehead atoms. The lowest BCUT2D eigenvalue weighted by molar-refractivity contribution is 0.102. The molecule has 0 spiro atoms. The van der Waals surface area contributed by atoms with E-state index in [0.717, 1.165) is 5.56 Å². The molecule has 0 aliphatic heterocycles. The number of carbonyl (C=O) groups excluding carboxylic acids is 1. The third-order valence-corrected chi connectivity index (χ3v) is 4.41. The van der Waals surface area contributed by atoms with Crippen LogP contribution in [0.15, 0.2) is 35.2 Å². The van der Waals surface area contributed by atoms with Crippen molar-refractivity contribution < 1.29 is 4.79 Å². The zero-order chi connectivity index (χ0) is 17.3. The van der Waals surface area contributed by atoms with Crippen molar-refractivity contribution in [1.29, 1.82) is 0 Å². The van der Waals surface area contributed by atoms with Crippen molar-refractivity contribution in [2.45, 2.75) is 6.54 Å². The van der Waals surface area contributed by atoms with Gasteiger partial charge in [-0.3, -0.25) is 14.8 Å². The van der Waals surface area contributed by atoms with Gasteiger partial charge < -0.3 is 0 Å². The molecule has 3 rings (SSSR count). The molecule has 2 aromatic heterocycles. The molecule has 0 atom stereocenters. The van der Waals surface area contributed by atoms with E-state index in [1.807, 2.05) is 6.07 Å². The minimum absolute atomic E-state index is 0.192. The first-order chi connectivity index (χ1) is 11.4. The van der Waals surface area contributed by atoms with Crippen molar-refractivity contribution in [1.82, 2.24) is 24.5 Å². The Morgan fingerprint density at radius 2 is 2.08 bits per heavy atom. The Hall–Kier alpha value is -1.90. The second-order valence-corrected chi connectivity index (χ2v) is 6.64. The molecule has 24 heavy (non-hydrogen) atoms. The lowest BCUT2D eigenvalue weighted by Gasteiger charge is -2.03. The Morgan fingerprint density at radius 1 is 1.29 bits per heavy atom. The molecule has 3 aromatic rings. The predicted octanol–water partition coefficient (Wildman–Crippen LogP) is 3.38. The van der Waals surface area contributed by atoms with Gasteiger partial charge in [-0.15, -0.1) is 5.10 Å². The van der Waals surface area contributed by atoms with Crippen LogP contribution < -0.4 is 5.32 Å². The Kier molecular flexibility index (Phi) is 4.88. The van der Waals surface area contributed by atoms with Gasteiger partial charge in [0.25, 0.3) is 5.91 Å². The molecule has 1 aromatic carbocycles. The van der Waals surface area contributed by atoms with Crippen LogP contribution in [0.25, 0.3) is 0 Å². The van der Waals surface area contributed by atoms with Crippen LogP contribution >= 0.6 is 39.1 Å². The molecule has 1 amide bonds. The number of aryl methyl sites for hydroxylation is 1. The summed E-state index contributed by atoms with van der Waals surface area (Å²) < 4.78 is 3.72. The lowest BCUT2D eigenvalue weighted by Crippen LogP contribution is -2.15. The minimum Gasteiger partial charge on any atom is -0.288 e. The second-order valence-electron chi connectivity index (χ2n) is 4.97. The third kappa shape index (κ3) is 3.77. The summed E-state index contributed by atoms with van der Waals surface area (Å²) in [5.41, 5.74) is 1.18. The van der Waals surface area contributed by atoms with Gasteiger partial charge in [0.1, 0.15) is 6.33 Å². The highest BCUT2D eigenvalue weighted by Crippen LogP contribution is 2.23. The summed E-state index contributed by atoms with van der Waals surface area (Å²) >= 11 is 15.2. The van der Waals surface area contributed by atoms with Crippen molar-refractivity contribution in [2.75, 3.05) is 5.32 Å². The highest BCUT2D eigenvalue weighted by atomic mass is 79.9. The average Bonchev–Trinajstić information content (AvgIpc) is 3.09. The number of amides is 1. The number of aromatic nitrogens is 5. The van der Waals surface area contributed by atoms with E-state index in [2.05, 4.69) is 36.4 Å². The summed E-state index contributed by atoms with van der Waals surface area (Å²) in [7, 11) is 1.73. The van der Waals surface area contributed by atoms with Crippen LogP contribution in [0.5, 0.6) is 0 Å². The Labute approximate surface area is 155 Å². The minimum atomic E-state index is -0.394. The monoisotopic (exact) mass is 428 g/mol. The molecule has 0 saturated carbocycles. The summed E-state index contributed by atoms with van der Waals surface area (Å²) in [5, 5.41) is 11.8. The summed E-state index contributed by atoms with van der Waals surface area (Å²) in [5.74, 6) is -0.202. The first kappa shape index (κ1) is 16.9. The van der Waals surface area contributed by atoms with Crippen molar-refractivity contribution in [3.05, 3.63) is 56.5 Å². The zero-order valence-electron chi connectivity index (χ0n) is 12.4. The first-order valence-electron chi connectivity index (χ1n) is 6.76. The van der Waals surface area contributed by atoms with E-state index in [0.29, 0.717) is 21.1 Å². The fourth-order valence-electron chi connectivity index (χ4n) is 2.03. The lowest BCUT2D eigenvalue weighted by atomic mass is 10.2. The molecule has 0 aliphatic rings. The molecular weight excluding hydrogens is 419 g/mol. The van der Waals surface area contributed by atoms with E-state index in [4.69, 9.17) is 23.2 Å². The molecule has 124 valence electrons. The summed E-state index contributed by atoms with van der Waals surface area (Å²) in [6.45, 7) is 0.451. The highest BCUT2D eigenvalue weighted by Gasteiger charge is 2.16. The smallest absolute Gasteiger partial charge is 0.279 e. The van der Waals surface area contributed by atoms with Crippen molar-refractivity contribution >= 4 is 51.0 Å². The van der Waals surface area contributed by atoms with Gasteiger partial charge in [-0.2, -0.15) is 5.10 Å². The molecule has 1 N–H and O–H groups in total. The molecule has 0 saturated heterocycles. The Balaban J connectivity index is 1.70. The number of nitrogens with one attached hydrogen (secondary N) is 1. The Bertz CT molecular complexity index is 907. The van der Waals surface area contributed by atoms with Gasteiger partial charge in [0, 0.05) is 13.2 Å². The molecule has 0 aliphatic carbocycles. The van der Waals surface area contributed by atoms with Crippen LogP contribution in [0.2, 0.25) is 10.0 Å². The van der Waals surface area contributed by atoms with Crippen LogP contribution in [-0.4, -0.2) is 30.5 Å². The summed E-state index contributed by atoms with van der Waals surface area (Å²) in [6, 6.07) is 5.32. The normalized spacial score (nSPS) is 10.8. The number of hydrogen-bond acceptors (Lipinski definition) is 4. The average molecular weight is 430 g/mol. The number of benzene rings is 1. The quantitative estimate of drug-likeness (QED) is 0.689. The van der Waals surface area contributed by atoms with Crippen LogP contribution in [0, 0.1) is 0 Å². The van der Waals surface area contributed by atoms with Gasteiger partial charge in [0.15, 0.2) is 5.69 Å². The number of hydrogen-bond donors (Lipinski definition) is 1. The molecule has 0 fully saturated rings. The fraction of sp³-hybridized carbons (Fsp3) is 0.143. The standard InChI is InChI=1S/C14H11BrCl2N6O/c1-22-6-9(15)12(20-22)13(24)19-14-18-7-23(21-14)5-8-2-3-10(16)11(17)4-8/h2-4,6-7H,5H2,1H3,(H,19,21,24). The van der Waals surface area contributed by atoms with Crippen LogP contribution in [-0.2, 0) is 13.6 Å². The van der Waals surface area contributed by atoms with Crippen LogP contribution in [0.4, 0.5) is 5.95 Å². The SMILES string of the molecule is Cn1cc(Br)c(C(=O)Nc2ncn(Cc3ccc(Cl)c(Cl)c3)n2)n1. The summed E-state index contributed by atoms with van der Waals surface area (Å²) in [6.07, 6.45) is 3.21. The third-order valence-electron chi connectivity index (χ3n) is 3.09. The first-order valence-corrected chi connectivity index (χ1v) is 8.31. The van der Waals surface area contributed by atoms with Crippen LogP contribution in [0.3, 0.4) is 0 Å². The molecule has 0 radical (unpaired) electrons. The van der Waals surface area contributed by atoms with Gasteiger partial charge in [-0.1, -0.05) is 29.3 Å². The van der Waals surface area contributed by atoms with Gasteiger partial charge in [0.2, 0.25) is 5.95 Å². The van der Waals surface area contributed by atoms with Gasteiger partial charge >= 0.3 is 0 Å². The number of nitrogens with zero attached hydrogens (tertiary/aromatic N) is 5. The van der Waals surface area contributed by atoms with Crippen molar-refractivity contribution in [3.8, 4) is 0 Å². The molecule has 7 nitrogen and oxygen atoms in total. The van der Waals surface area contributed by atoms with E-state index in [-0.39, 0.29) is 11.6 Å². The summed E-state index contributed by atoms with van der Waals surface area (Å²) in [4.78, 5) is 16.2. The van der Waals surface area contributed by atoms with E-state index in [1.165, 1.54) is 11.0 Å². The number of rotatable bonds is 4. The van der Waals surface area contributed by atoms with Gasteiger partial charge in [0.05, 0.1) is 21.1 Å². The predicted molar refractivity (Wildman–Crippen MR) is 94.4 cm³/mol. The largest absolute Gasteiger partial charge is 0.288 e. The fourth-order valence-corrected chi connectivity index (χ4v) is 2.90. The zero-order valence-corrected chi connectivity index (χ0v) is 15.5. The molecule has 10 heteroatoms. The topological polar surface area (TPSA) is 77.6 Å². The highest BCUT2D eigenvalue weighted by molar-refractivity contribution is 9.10. The molecule has 2 heterocycles. The van der Waals surface area contributed by atoms with Crippen LogP contribution in [0.1, 0.15) is 16.1 Å². The van der Waals surface area contributed by atoms with E-state index in [9.17, 15) is 4.79 Å². The van der Waals surface area contributed by atoms with Crippen molar-refractivity contribution in [2.24, 2.45) is 7.05 Å². The van der Waals surface area contributed by atoms with Crippen molar-refractivity contribution in [3.63, 3.8) is 0 Å². The number of halogens is 3. The van der Waals surface area contributed by atoms with E-state index >= 15 is 0 Å². The second kappa shape index (κ2) is 6.92. The maximum Gasteiger partial charge on any atom is 0.279 e. The van der Waals surface area contributed by atoms with Gasteiger partial charge in [-0.05, 0) is 33.6 Å². The van der Waals surface area contributed by atoms with E-state index in [1.54, 1.807) is 30.1 Å². The Morgan fingerprint density at radius 3 is 2.75 bits per heavy atom. The maximum absolute atomic E-state index is 12.2. The maximum atomic E-state index is 12.2. The number of carbonyl (C=O) groups is 1.